The van der Waals surface area contributed by atoms with Crippen molar-refractivity contribution in [3.05, 3.63) is 36.4 Å². The van der Waals surface area contributed by atoms with Gasteiger partial charge in [-0.25, -0.2) is 0 Å². The van der Waals surface area contributed by atoms with Crippen molar-refractivity contribution in [3.63, 3.8) is 0 Å². The molecule has 1 rings (SSSR count). The Kier molecular flexibility index (Phi) is 14.7. The molecule has 2 heteroatoms. The highest BCUT2D eigenvalue weighted by atomic mass is 35.5. The summed E-state index contributed by atoms with van der Waals surface area (Å²) in [6.07, 6.45) is 0. The Bertz CT molecular complexity index is 142. The van der Waals surface area contributed by atoms with Gasteiger partial charge in [-0.2, -0.15) is 0 Å². The van der Waals surface area contributed by atoms with Gasteiger partial charge < -0.3 is 0 Å². The Morgan fingerprint density at radius 3 is 1.08 bits per heavy atom. The van der Waals surface area contributed by atoms with Gasteiger partial charge >= 0.3 is 0 Å². The van der Waals surface area contributed by atoms with E-state index in [-0.39, 0.29) is 5.24 Å². The molecule has 0 aliphatic rings. The second-order valence-corrected chi connectivity index (χ2v) is 2.16. The summed E-state index contributed by atoms with van der Waals surface area (Å²) in [5.41, 5.74) is 0. The van der Waals surface area contributed by atoms with Gasteiger partial charge in [0.1, 0.15) is 0 Å². The first-order valence-electron chi connectivity index (χ1n) is 3.89. The fraction of sp³-hybridized carbons (Fsp3) is 0.300. The summed E-state index contributed by atoms with van der Waals surface area (Å²) in [6.45, 7) is 5.29. The summed E-state index contributed by atoms with van der Waals surface area (Å²) in [5, 5.41) is -0.361. The van der Waals surface area contributed by atoms with E-state index in [1.54, 1.807) is 0 Å². The molecule has 0 saturated carbocycles. The molecule has 0 saturated heterocycles. The van der Waals surface area contributed by atoms with Gasteiger partial charge in [0.05, 0.1) is 0 Å². The number of benzene rings is 1. The van der Waals surface area contributed by atoms with Crippen molar-refractivity contribution in [2.24, 2.45) is 0 Å². The summed E-state index contributed by atoms with van der Waals surface area (Å²) in [7, 11) is 0. The van der Waals surface area contributed by atoms with E-state index in [0.29, 0.717) is 0 Å². The molecular formula is C10H15ClO. The second-order valence-electron chi connectivity index (χ2n) is 1.62. The first kappa shape index (κ1) is 13.7. The van der Waals surface area contributed by atoms with E-state index in [2.05, 4.69) is 11.6 Å². The molecule has 12 heavy (non-hydrogen) atoms. The van der Waals surface area contributed by atoms with Crippen LogP contribution in [0.2, 0.25) is 0 Å². The van der Waals surface area contributed by atoms with Crippen LogP contribution in [0.15, 0.2) is 36.4 Å². The first-order valence-corrected chi connectivity index (χ1v) is 4.27. The minimum absolute atomic E-state index is 0.361. The molecular weight excluding hydrogens is 172 g/mol. The maximum Gasteiger partial charge on any atom is 0.218 e. The summed E-state index contributed by atoms with van der Waals surface area (Å²) >= 11 is 4.64. The lowest BCUT2D eigenvalue weighted by atomic mass is 10.4. The van der Waals surface area contributed by atoms with Gasteiger partial charge in [-0.15, -0.1) is 0 Å². The van der Waals surface area contributed by atoms with Gasteiger partial charge in [0.15, 0.2) is 0 Å². The SMILES string of the molecule is CC.CC(=O)Cl.c1ccccc1. The van der Waals surface area contributed by atoms with Crippen LogP contribution >= 0.6 is 11.6 Å². The third-order valence-electron chi connectivity index (χ3n) is 0.667. The van der Waals surface area contributed by atoms with Gasteiger partial charge in [0.2, 0.25) is 5.24 Å². The molecule has 0 aliphatic heterocycles. The van der Waals surface area contributed by atoms with Crippen molar-refractivity contribution in [2.45, 2.75) is 20.8 Å². The molecule has 0 N–H and O–H groups in total. The van der Waals surface area contributed by atoms with Gasteiger partial charge in [-0.1, -0.05) is 50.2 Å². The Balaban J connectivity index is 0. The van der Waals surface area contributed by atoms with Gasteiger partial charge in [-0.05, 0) is 11.6 Å². The Labute approximate surface area is 79.4 Å². The fourth-order valence-electron chi connectivity index (χ4n) is 0.385. The van der Waals surface area contributed by atoms with Crippen LogP contribution in [0.5, 0.6) is 0 Å². The fourth-order valence-corrected chi connectivity index (χ4v) is 0.385. The van der Waals surface area contributed by atoms with E-state index >= 15 is 0 Å². The van der Waals surface area contributed by atoms with Gasteiger partial charge in [0, 0.05) is 6.92 Å². The number of hydrogen-bond donors (Lipinski definition) is 0. The van der Waals surface area contributed by atoms with Crippen LogP contribution in [0.3, 0.4) is 0 Å². The largest absolute Gasteiger partial charge is 0.282 e. The zero-order valence-corrected chi connectivity index (χ0v) is 8.51. The third kappa shape index (κ3) is 22.9. The number of halogens is 1. The monoisotopic (exact) mass is 186 g/mol. The van der Waals surface area contributed by atoms with Crippen molar-refractivity contribution in [1.29, 1.82) is 0 Å². The summed E-state index contributed by atoms with van der Waals surface area (Å²) in [6, 6.07) is 12.0. The molecule has 68 valence electrons. The van der Waals surface area contributed by atoms with Crippen molar-refractivity contribution in [3.8, 4) is 0 Å². The maximum atomic E-state index is 9.21. The number of carbonyl (C=O) groups excluding carboxylic acids is 1. The average molecular weight is 187 g/mol. The van der Waals surface area contributed by atoms with Crippen molar-refractivity contribution in [2.75, 3.05) is 0 Å². The standard InChI is InChI=1S/C6H6.C2H3ClO.C2H6/c1-2-4-6-5-3-1;1-2(3)4;1-2/h1-6H;1H3;1-2H3. The number of carbonyl (C=O) groups is 1. The Morgan fingerprint density at radius 2 is 1.00 bits per heavy atom. The van der Waals surface area contributed by atoms with Crippen molar-refractivity contribution >= 4 is 16.8 Å². The maximum absolute atomic E-state index is 9.21. The Morgan fingerprint density at radius 1 is 0.917 bits per heavy atom. The van der Waals surface area contributed by atoms with Crippen LogP contribution in [0.4, 0.5) is 0 Å². The second kappa shape index (κ2) is 12.8. The van der Waals surface area contributed by atoms with Gasteiger partial charge in [-0.3, -0.25) is 4.79 Å². The van der Waals surface area contributed by atoms with E-state index in [1.807, 2.05) is 50.2 Å². The summed E-state index contributed by atoms with van der Waals surface area (Å²) in [4.78, 5) is 9.21. The van der Waals surface area contributed by atoms with Crippen LogP contribution in [0.25, 0.3) is 0 Å². The zero-order chi connectivity index (χ0) is 9.82. The lowest BCUT2D eigenvalue weighted by Gasteiger charge is -1.69. The van der Waals surface area contributed by atoms with E-state index < -0.39 is 0 Å². The number of rotatable bonds is 0. The quantitative estimate of drug-likeness (QED) is 0.567. The molecule has 0 heterocycles. The van der Waals surface area contributed by atoms with E-state index in [4.69, 9.17) is 0 Å². The molecule has 1 nitrogen and oxygen atoms in total. The topological polar surface area (TPSA) is 17.1 Å². The van der Waals surface area contributed by atoms with Crippen LogP contribution in [-0.2, 0) is 4.79 Å². The van der Waals surface area contributed by atoms with Crippen molar-refractivity contribution < 1.29 is 4.79 Å². The molecule has 0 bridgehead atoms. The molecule has 0 aliphatic carbocycles. The molecule has 0 aromatic heterocycles. The summed E-state index contributed by atoms with van der Waals surface area (Å²) < 4.78 is 0. The van der Waals surface area contributed by atoms with Crippen LogP contribution in [0, 0.1) is 0 Å². The highest BCUT2D eigenvalue weighted by molar-refractivity contribution is 6.62. The Hall–Kier alpha value is -0.820. The van der Waals surface area contributed by atoms with Crippen LogP contribution in [0.1, 0.15) is 20.8 Å². The molecule has 0 atom stereocenters. The highest BCUT2D eigenvalue weighted by Gasteiger charge is 1.67. The molecule has 0 spiro atoms. The minimum atomic E-state index is -0.361. The summed E-state index contributed by atoms with van der Waals surface area (Å²) in [5.74, 6) is 0. The van der Waals surface area contributed by atoms with Gasteiger partial charge in [0.25, 0.3) is 0 Å². The molecule has 0 unspecified atom stereocenters. The predicted octanol–water partition coefficient (Wildman–Crippen LogP) is 3.48. The van der Waals surface area contributed by atoms with E-state index in [1.165, 1.54) is 6.92 Å². The molecule has 0 fully saturated rings. The molecule has 1 aromatic rings. The predicted molar refractivity (Wildman–Crippen MR) is 54.3 cm³/mol. The lowest BCUT2D eigenvalue weighted by molar-refractivity contribution is -0.109. The zero-order valence-electron chi connectivity index (χ0n) is 7.75. The first-order chi connectivity index (χ1) is 5.73. The van der Waals surface area contributed by atoms with E-state index in [0.717, 1.165) is 0 Å². The smallest absolute Gasteiger partial charge is 0.218 e. The molecule has 0 amide bonds. The van der Waals surface area contributed by atoms with Crippen molar-refractivity contribution in [1.82, 2.24) is 0 Å². The van der Waals surface area contributed by atoms with Crippen LogP contribution < -0.4 is 0 Å². The molecule has 1 aromatic carbocycles. The average Bonchev–Trinajstić information content (AvgIpc) is 2.10. The molecule has 0 radical (unpaired) electrons. The highest BCUT2D eigenvalue weighted by Crippen LogP contribution is 1.79. The number of hydrogen-bond acceptors (Lipinski definition) is 1. The van der Waals surface area contributed by atoms with E-state index in [9.17, 15) is 4.79 Å². The normalized spacial score (nSPS) is 6.67. The third-order valence-corrected chi connectivity index (χ3v) is 0.667. The van der Waals surface area contributed by atoms with Crippen LogP contribution in [-0.4, -0.2) is 5.24 Å². The lowest BCUT2D eigenvalue weighted by Crippen LogP contribution is -1.62. The minimum Gasteiger partial charge on any atom is -0.282 e.